The minimum Gasteiger partial charge on any atom is -0.481 e. The molecular weight excluding hydrogens is 291 g/mol. The number of carboxylic acids is 1. The summed E-state index contributed by atoms with van der Waals surface area (Å²) in [5, 5.41) is 9.50. The summed E-state index contributed by atoms with van der Waals surface area (Å²) in [6.07, 6.45) is 8.98. The number of carbonyl (C=O) groups is 1. The zero-order chi connectivity index (χ0) is 12.4. The maximum absolute atomic E-state index is 11.5. The van der Waals surface area contributed by atoms with Crippen LogP contribution in [0.15, 0.2) is 0 Å². The molecule has 3 heteroatoms. The van der Waals surface area contributed by atoms with E-state index in [-0.39, 0.29) is 26.2 Å². The van der Waals surface area contributed by atoms with E-state index in [1.54, 1.807) is 0 Å². The Kier molecular flexibility index (Phi) is 13.3. The summed E-state index contributed by atoms with van der Waals surface area (Å²) >= 11 is 0. The first-order chi connectivity index (χ1) is 7.63. The maximum atomic E-state index is 11.5. The molecule has 0 spiro atoms. The van der Waals surface area contributed by atoms with Crippen LogP contribution in [0.4, 0.5) is 0 Å². The van der Waals surface area contributed by atoms with Gasteiger partial charge in [-0.15, -0.1) is 0 Å². The van der Waals surface area contributed by atoms with Crippen LogP contribution in [-0.4, -0.2) is 11.1 Å². The molecule has 0 heterocycles. The zero-order valence-electron chi connectivity index (χ0n) is 11.7. The van der Waals surface area contributed by atoms with Crippen molar-refractivity contribution in [3.63, 3.8) is 0 Å². The summed E-state index contributed by atoms with van der Waals surface area (Å²) in [5.41, 5.74) is -0.429. The van der Waals surface area contributed by atoms with E-state index < -0.39 is 11.4 Å². The summed E-state index contributed by atoms with van der Waals surface area (Å²) in [5.74, 6) is -0.567. The van der Waals surface area contributed by atoms with E-state index in [9.17, 15) is 9.90 Å². The Morgan fingerprint density at radius 1 is 0.882 bits per heavy atom. The van der Waals surface area contributed by atoms with Crippen molar-refractivity contribution in [2.45, 2.75) is 78.6 Å². The SMILES string of the molecule is CCCCC(CCCC)(CCCC)C(=O)O.[Zr]. The van der Waals surface area contributed by atoms with Crippen LogP contribution >= 0.6 is 0 Å². The Morgan fingerprint density at radius 2 is 1.18 bits per heavy atom. The van der Waals surface area contributed by atoms with Gasteiger partial charge in [-0.05, 0) is 19.3 Å². The topological polar surface area (TPSA) is 37.3 Å². The average Bonchev–Trinajstić information content (AvgIpc) is 2.28. The Hall–Kier alpha value is 0.353. The number of hydrogen-bond acceptors (Lipinski definition) is 1. The Labute approximate surface area is 126 Å². The van der Waals surface area contributed by atoms with Crippen molar-refractivity contribution in [1.82, 2.24) is 0 Å². The number of hydrogen-bond donors (Lipinski definition) is 1. The second kappa shape index (κ2) is 11.4. The third-order valence-electron chi connectivity index (χ3n) is 3.48. The molecule has 0 radical (unpaired) electrons. The molecule has 0 aromatic rings. The van der Waals surface area contributed by atoms with Crippen molar-refractivity contribution >= 4 is 5.97 Å². The quantitative estimate of drug-likeness (QED) is 0.637. The molecule has 0 aliphatic heterocycles. The maximum Gasteiger partial charge on any atom is 0.309 e. The van der Waals surface area contributed by atoms with Gasteiger partial charge in [0.15, 0.2) is 0 Å². The van der Waals surface area contributed by atoms with Crippen LogP contribution in [-0.2, 0) is 31.0 Å². The van der Waals surface area contributed by atoms with Gasteiger partial charge in [0.05, 0.1) is 5.41 Å². The van der Waals surface area contributed by atoms with Crippen molar-refractivity contribution in [3.05, 3.63) is 0 Å². The average molecular weight is 320 g/mol. The monoisotopic (exact) mass is 318 g/mol. The third-order valence-corrected chi connectivity index (χ3v) is 3.48. The van der Waals surface area contributed by atoms with Gasteiger partial charge in [-0.1, -0.05) is 59.3 Å². The van der Waals surface area contributed by atoms with Gasteiger partial charge in [0, 0.05) is 26.2 Å². The van der Waals surface area contributed by atoms with Crippen LogP contribution < -0.4 is 0 Å². The van der Waals surface area contributed by atoms with Crippen molar-refractivity contribution in [1.29, 1.82) is 0 Å². The molecule has 0 saturated carbocycles. The van der Waals surface area contributed by atoms with Crippen LogP contribution in [0, 0.1) is 5.41 Å². The van der Waals surface area contributed by atoms with Crippen LogP contribution in [0.1, 0.15) is 78.6 Å². The van der Waals surface area contributed by atoms with E-state index in [1.165, 1.54) is 0 Å². The van der Waals surface area contributed by atoms with Crippen molar-refractivity contribution in [2.75, 3.05) is 0 Å². The van der Waals surface area contributed by atoms with Crippen LogP contribution in [0.5, 0.6) is 0 Å². The summed E-state index contributed by atoms with van der Waals surface area (Å²) < 4.78 is 0. The first kappa shape index (κ1) is 19.7. The normalized spacial score (nSPS) is 11.0. The standard InChI is InChI=1S/C14H28O2.Zr/c1-4-7-10-14(13(15)16,11-8-5-2)12-9-6-3;/h4-12H2,1-3H3,(H,15,16);. The Balaban J connectivity index is 0. The third kappa shape index (κ3) is 7.39. The van der Waals surface area contributed by atoms with Gasteiger partial charge in [0.1, 0.15) is 0 Å². The van der Waals surface area contributed by atoms with Gasteiger partial charge in [-0.3, -0.25) is 4.79 Å². The molecule has 0 bridgehead atoms. The van der Waals surface area contributed by atoms with Gasteiger partial charge >= 0.3 is 5.97 Å². The largest absolute Gasteiger partial charge is 0.481 e. The van der Waals surface area contributed by atoms with Crippen LogP contribution in [0.3, 0.4) is 0 Å². The van der Waals surface area contributed by atoms with E-state index in [4.69, 9.17) is 0 Å². The first-order valence-electron chi connectivity index (χ1n) is 6.86. The molecule has 0 aliphatic rings. The molecule has 0 atom stereocenters. The molecule has 17 heavy (non-hydrogen) atoms. The number of rotatable bonds is 10. The minimum atomic E-state index is -0.567. The van der Waals surface area contributed by atoms with Gasteiger partial charge in [-0.25, -0.2) is 0 Å². The van der Waals surface area contributed by atoms with Crippen molar-refractivity contribution < 1.29 is 36.1 Å². The summed E-state index contributed by atoms with van der Waals surface area (Å²) in [6.45, 7) is 6.39. The van der Waals surface area contributed by atoms with Crippen LogP contribution in [0.25, 0.3) is 0 Å². The fourth-order valence-electron chi connectivity index (χ4n) is 2.24. The summed E-state index contributed by atoms with van der Waals surface area (Å²) in [6, 6.07) is 0. The van der Waals surface area contributed by atoms with Crippen molar-refractivity contribution in [3.8, 4) is 0 Å². The van der Waals surface area contributed by atoms with Gasteiger partial charge < -0.3 is 5.11 Å². The molecule has 0 aromatic heterocycles. The van der Waals surface area contributed by atoms with Gasteiger partial charge in [-0.2, -0.15) is 0 Å². The molecule has 2 nitrogen and oxygen atoms in total. The van der Waals surface area contributed by atoms with E-state index in [0.29, 0.717) is 0 Å². The fourth-order valence-corrected chi connectivity index (χ4v) is 2.24. The molecule has 0 saturated heterocycles. The number of unbranched alkanes of at least 4 members (excludes halogenated alkanes) is 3. The van der Waals surface area contributed by atoms with Crippen LogP contribution in [0.2, 0.25) is 0 Å². The predicted octanol–water partition coefficient (Wildman–Crippen LogP) is 4.63. The van der Waals surface area contributed by atoms with E-state index in [2.05, 4.69) is 20.8 Å². The Bertz CT molecular complexity index is 171. The molecule has 0 rings (SSSR count). The zero-order valence-corrected chi connectivity index (χ0v) is 14.2. The minimum absolute atomic E-state index is 0. The number of aliphatic carboxylic acids is 1. The summed E-state index contributed by atoms with van der Waals surface area (Å²) in [7, 11) is 0. The molecule has 100 valence electrons. The second-order valence-corrected chi connectivity index (χ2v) is 4.90. The number of carboxylic acid groups (broad SMARTS) is 1. The molecule has 0 aliphatic carbocycles. The molecular formula is C14H28O2Zr. The molecule has 0 fully saturated rings. The fraction of sp³-hybridized carbons (Fsp3) is 0.929. The van der Waals surface area contributed by atoms with Gasteiger partial charge in [0.25, 0.3) is 0 Å². The smallest absolute Gasteiger partial charge is 0.309 e. The van der Waals surface area contributed by atoms with Crippen molar-refractivity contribution in [2.24, 2.45) is 5.41 Å². The van der Waals surface area contributed by atoms with Gasteiger partial charge in [0.2, 0.25) is 0 Å². The molecule has 0 aromatic carbocycles. The first-order valence-corrected chi connectivity index (χ1v) is 6.86. The Morgan fingerprint density at radius 3 is 1.35 bits per heavy atom. The molecule has 0 amide bonds. The molecule has 1 N–H and O–H groups in total. The van der Waals surface area contributed by atoms with E-state index in [0.717, 1.165) is 57.8 Å². The van der Waals surface area contributed by atoms with E-state index >= 15 is 0 Å². The molecule has 0 unspecified atom stereocenters. The second-order valence-electron chi connectivity index (χ2n) is 4.90. The summed E-state index contributed by atoms with van der Waals surface area (Å²) in [4.78, 5) is 11.5. The predicted molar refractivity (Wildman–Crippen MR) is 68.6 cm³/mol. The van der Waals surface area contributed by atoms with E-state index in [1.807, 2.05) is 0 Å².